The highest BCUT2D eigenvalue weighted by Crippen LogP contribution is 2.24. The first-order valence-electron chi connectivity index (χ1n) is 7.44. The number of aryl methyl sites for hydroxylation is 1. The van der Waals surface area contributed by atoms with Crippen LogP contribution in [0.3, 0.4) is 0 Å². The van der Waals surface area contributed by atoms with E-state index in [0.717, 1.165) is 36.0 Å². The van der Waals surface area contributed by atoms with E-state index in [9.17, 15) is 4.79 Å². The van der Waals surface area contributed by atoms with Gasteiger partial charge >= 0.3 is 0 Å². The van der Waals surface area contributed by atoms with Crippen LogP contribution in [0.25, 0.3) is 0 Å². The van der Waals surface area contributed by atoms with Gasteiger partial charge in [-0.1, -0.05) is 27.5 Å². The van der Waals surface area contributed by atoms with Crippen LogP contribution in [0, 0.1) is 5.92 Å². The maximum atomic E-state index is 12.4. The highest BCUT2D eigenvalue weighted by Gasteiger charge is 2.25. The molecule has 1 aromatic rings. The number of carbonyl (C=O) groups is 1. The number of hydrogen-bond donors (Lipinski definition) is 1. The van der Waals surface area contributed by atoms with Gasteiger partial charge in [-0.25, -0.2) is 0 Å². The summed E-state index contributed by atoms with van der Waals surface area (Å²) < 4.78 is 1.01. The number of halogens is 2. The number of hydrogen-bond acceptors (Lipinski definition) is 2. The van der Waals surface area contributed by atoms with Crippen molar-refractivity contribution >= 4 is 33.4 Å². The third-order valence-corrected chi connectivity index (χ3v) is 5.18. The van der Waals surface area contributed by atoms with E-state index in [1.165, 1.54) is 0 Å². The molecule has 21 heavy (non-hydrogen) atoms. The maximum Gasteiger partial charge on any atom is 0.222 e. The molecule has 1 aliphatic heterocycles. The fraction of sp³-hybridized carbons (Fsp3) is 0.562. The zero-order chi connectivity index (χ0) is 15.4. The van der Waals surface area contributed by atoms with E-state index in [2.05, 4.69) is 15.9 Å². The Bertz CT molecular complexity index is 507. The summed E-state index contributed by atoms with van der Waals surface area (Å²) >= 11 is 9.51. The molecular formula is C16H22BrClN2O. The third-order valence-electron chi connectivity index (χ3n) is 4.17. The molecule has 2 atom stereocenters. The van der Waals surface area contributed by atoms with E-state index in [4.69, 9.17) is 17.3 Å². The van der Waals surface area contributed by atoms with Gasteiger partial charge in [0.25, 0.3) is 0 Å². The lowest BCUT2D eigenvalue weighted by Gasteiger charge is -2.34. The van der Waals surface area contributed by atoms with Crippen molar-refractivity contribution in [3.05, 3.63) is 33.3 Å². The molecule has 0 unspecified atom stereocenters. The van der Waals surface area contributed by atoms with Gasteiger partial charge in [0.2, 0.25) is 5.91 Å². The summed E-state index contributed by atoms with van der Waals surface area (Å²) in [7, 11) is 0. The van der Waals surface area contributed by atoms with Gasteiger partial charge in [0.05, 0.1) is 0 Å². The Morgan fingerprint density at radius 3 is 3.05 bits per heavy atom. The first-order valence-corrected chi connectivity index (χ1v) is 8.61. The van der Waals surface area contributed by atoms with E-state index < -0.39 is 0 Å². The van der Waals surface area contributed by atoms with Crippen LogP contribution in [0.2, 0.25) is 5.02 Å². The highest BCUT2D eigenvalue weighted by atomic mass is 79.9. The van der Waals surface area contributed by atoms with Gasteiger partial charge in [-0.2, -0.15) is 0 Å². The summed E-state index contributed by atoms with van der Waals surface area (Å²) in [5, 5.41) is 0.704. The molecule has 1 saturated heterocycles. The van der Waals surface area contributed by atoms with Gasteiger partial charge < -0.3 is 10.6 Å². The average molecular weight is 374 g/mol. The standard InChI is InChI=1S/C16H22BrClN2O/c1-11(19)13-3-2-8-20(10-13)16(21)7-4-12-9-14(18)5-6-15(12)17/h5-6,9,11,13H,2-4,7-8,10,19H2,1H3/t11-,13+/m0/s1. The van der Waals surface area contributed by atoms with Gasteiger partial charge in [0.15, 0.2) is 0 Å². The molecule has 0 aliphatic carbocycles. The number of amides is 1. The Kier molecular flexibility index (Phi) is 6.08. The van der Waals surface area contributed by atoms with Crippen molar-refractivity contribution in [3.63, 3.8) is 0 Å². The minimum absolute atomic E-state index is 0.155. The van der Waals surface area contributed by atoms with E-state index in [1.54, 1.807) is 0 Å². The van der Waals surface area contributed by atoms with Gasteiger partial charge in [-0.15, -0.1) is 0 Å². The summed E-state index contributed by atoms with van der Waals surface area (Å²) in [4.78, 5) is 14.3. The van der Waals surface area contributed by atoms with E-state index >= 15 is 0 Å². The summed E-state index contributed by atoms with van der Waals surface area (Å²) in [6.45, 7) is 3.69. The van der Waals surface area contributed by atoms with Crippen molar-refractivity contribution in [2.75, 3.05) is 13.1 Å². The van der Waals surface area contributed by atoms with E-state index in [-0.39, 0.29) is 11.9 Å². The van der Waals surface area contributed by atoms with Crippen LogP contribution in [-0.2, 0) is 11.2 Å². The number of nitrogens with two attached hydrogens (primary N) is 1. The predicted octanol–water partition coefficient (Wildman–Crippen LogP) is 3.62. The Hall–Kier alpha value is -0.580. The van der Waals surface area contributed by atoms with Crippen molar-refractivity contribution in [2.45, 2.75) is 38.6 Å². The smallest absolute Gasteiger partial charge is 0.222 e. The Morgan fingerprint density at radius 1 is 1.57 bits per heavy atom. The Morgan fingerprint density at radius 2 is 2.33 bits per heavy atom. The predicted molar refractivity (Wildman–Crippen MR) is 90.4 cm³/mol. The molecular weight excluding hydrogens is 352 g/mol. The number of piperidine rings is 1. The van der Waals surface area contributed by atoms with E-state index in [1.807, 2.05) is 30.0 Å². The second kappa shape index (κ2) is 7.61. The fourth-order valence-electron chi connectivity index (χ4n) is 2.80. The van der Waals surface area contributed by atoms with Crippen LogP contribution in [0.4, 0.5) is 0 Å². The average Bonchev–Trinajstić information content (AvgIpc) is 2.48. The van der Waals surface area contributed by atoms with Crippen LogP contribution >= 0.6 is 27.5 Å². The molecule has 1 aromatic carbocycles. The van der Waals surface area contributed by atoms with Crippen LogP contribution in [0.1, 0.15) is 31.7 Å². The summed E-state index contributed by atoms with van der Waals surface area (Å²) in [6.07, 6.45) is 3.41. The third kappa shape index (κ3) is 4.70. The normalized spacial score (nSPS) is 20.4. The molecule has 3 nitrogen and oxygen atoms in total. The lowest BCUT2D eigenvalue weighted by Crippen LogP contribution is -2.45. The first-order chi connectivity index (χ1) is 9.97. The van der Waals surface area contributed by atoms with Crippen LogP contribution in [0.5, 0.6) is 0 Å². The molecule has 1 heterocycles. The highest BCUT2D eigenvalue weighted by molar-refractivity contribution is 9.10. The van der Waals surface area contributed by atoms with Gasteiger partial charge in [-0.3, -0.25) is 4.79 Å². The zero-order valence-electron chi connectivity index (χ0n) is 12.3. The van der Waals surface area contributed by atoms with Crippen molar-refractivity contribution in [2.24, 2.45) is 11.7 Å². The minimum Gasteiger partial charge on any atom is -0.342 e. The molecule has 0 saturated carbocycles. The number of rotatable bonds is 4. The molecule has 0 radical (unpaired) electrons. The number of nitrogens with zero attached hydrogens (tertiary/aromatic N) is 1. The van der Waals surface area contributed by atoms with Crippen LogP contribution < -0.4 is 5.73 Å². The van der Waals surface area contributed by atoms with Crippen LogP contribution in [-0.4, -0.2) is 29.9 Å². The Labute approximate surface area is 140 Å². The molecule has 0 bridgehead atoms. The quantitative estimate of drug-likeness (QED) is 0.876. The summed E-state index contributed by atoms with van der Waals surface area (Å²) in [5.41, 5.74) is 7.05. The number of benzene rings is 1. The molecule has 5 heteroatoms. The molecule has 0 aromatic heterocycles. The molecule has 2 rings (SSSR count). The molecule has 1 amide bonds. The second-order valence-corrected chi connectivity index (χ2v) is 7.13. The monoisotopic (exact) mass is 372 g/mol. The lowest BCUT2D eigenvalue weighted by molar-refractivity contribution is -0.133. The maximum absolute atomic E-state index is 12.4. The second-order valence-electron chi connectivity index (χ2n) is 5.84. The first kappa shape index (κ1) is 16.8. The van der Waals surface area contributed by atoms with Crippen molar-refractivity contribution in [1.29, 1.82) is 0 Å². The summed E-state index contributed by atoms with van der Waals surface area (Å²) in [6, 6.07) is 5.84. The molecule has 1 fully saturated rings. The minimum atomic E-state index is 0.155. The van der Waals surface area contributed by atoms with Gasteiger partial charge in [0, 0.05) is 35.0 Å². The van der Waals surface area contributed by atoms with Gasteiger partial charge in [0.1, 0.15) is 0 Å². The molecule has 0 spiro atoms. The fourth-order valence-corrected chi connectivity index (χ4v) is 3.44. The largest absolute Gasteiger partial charge is 0.342 e. The van der Waals surface area contributed by atoms with Crippen molar-refractivity contribution in [1.82, 2.24) is 4.90 Å². The van der Waals surface area contributed by atoms with Crippen molar-refractivity contribution in [3.8, 4) is 0 Å². The molecule has 116 valence electrons. The lowest BCUT2D eigenvalue weighted by atomic mass is 9.92. The number of carbonyl (C=O) groups excluding carboxylic acids is 1. The SMILES string of the molecule is C[C@H](N)[C@@H]1CCCN(C(=O)CCc2cc(Cl)ccc2Br)C1. The molecule has 1 aliphatic rings. The number of likely N-dealkylation sites (tertiary alicyclic amines) is 1. The topological polar surface area (TPSA) is 46.3 Å². The zero-order valence-corrected chi connectivity index (χ0v) is 14.7. The van der Waals surface area contributed by atoms with E-state index in [0.29, 0.717) is 23.8 Å². The van der Waals surface area contributed by atoms with Gasteiger partial charge in [-0.05, 0) is 55.9 Å². The van der Waals surface area contributed by atoms with Crippen LogP contribution in [0.15, 0.2) is 22.7 Å². The van der Waals surface area contributed by atoms with Crippen molar-refractivity contribution < 1.29 is 4.79 Å². The Balaban J connectivity index is 1.91. The molecule has 2 N–H and O–H groups in total. The summed E-state index contributed by atoms with van der Waals surface area (Å²) in [5.74, 6) is 0.646.